The molecule has 0 radical (unpaired) electrons. The molecule has 76 valence electrons. The van der Waals surface area contributed by atoms with Crippen molar-refractivity contribution in [2.45, 2.75) is 18.4 Å². The van der Waals surface area contributed by atoms with Crippen LogP contribution in [0.1, 0.15) is 18.4 Å². The molecule has 4 N–H and O–H groups in total. The summed E-state index contributed by atoms with van der Waals surface area (Å²) in [6.07, 6.45) is 1.86. The van der Waals surface area contributed by atoms with Gasteiger partial charge in [0.25, 0.3) is 0 Å². The fourth-order valence-electron chi connectivity index (χ4n) is 1.73. The van der Waals surface area contributed by atoms with Crippen molar-refractivity contribution in [3.05, 3.63) is 17.7 Å². The molecule has 0 spiro atoms. The Bertz CT molecular complexity index is 372. The van der Waals surface area contributed by atoms with E-state index in [9.17, 15) is 10.2 Å². The van der Waals surface area contributed by atoms with Crippen molar-refractivity contribution < 1.29 is 15.3 Å². The fourth-order valence-corrected chi connectivity index (χ4v) is 1.73. The van der Waals surface area contributed by atoms with Gasteiger partial charge in [0.2, 0.25) is 5.75 Å². The highest BCUT2D eigenvalue weighted by Gasteiger charge is 2.45. The predicted molar refractivity (Wildman–Crippen MR) is 51.4 cm³/mol. The summed E-state index contributed by atoms with van der Waals surface area (Å²) in [4.78, 5) is 0. The van der Waals surface area contributed by atoms with E-state index >= 15 is 0 Å². The van der Waals surface area contributed by atoms with E-state index < -0.39 is 5.75 Å². The lowest BCUT2D eigenvalue weighted by atomic mass is 10.0. The number of aromatic hydroxyl groups is 3. The lowest BCUT2D eigenvalue weighted by molar-refractivity contribution is 0.359. The van der Waals surface area contributed by atoms with Gasteiger partial charge in [-0.2, -0.15) is 0 Å². The van der Waals surface area contributed by atoms with Gasteiger partial charge in [0.15, 0.2) is 11.5 Å². The molecule has 0 aromatic heterocycles. The van der Waals surface area contributed by atoms with Crippen molar-refractivity contribution in [1.29, 1.82) is 0 Å². The smallest absolute Gasteiger partial charge is 0.200 e. The van der Waals surface area contributed by atoms with Crippen molar-refractivity contribution in [3.8, 4) is 17.2 Å². The van der Waals surface area contributed by atoms with E-state index in [1.54, 1.807) is 6.07 Å². The van der Waals surface area contributed by atoms with Crippen LogP contribution in [0, 0.1) is 0 Å². The fraction of sp³-hybridized carbons (Fsp3) is 0.400. The molecular weight excluding hydrogens is 182 g/mol. The van der Waals surface area contributed by atoms with Gasteiger partial charge in [0.05, 0.1) is 0 Å². The Labute approximate surface area is 81.8 Å². The zero-order chi connectivity index (χ0) is 10.3. The van der Waals surface area contributed by atoms with Gasteiger partial charge in [-0.1, -0.05) is 0 Å². The molecule has 0 aliphatic heterocycles. The van der Waals surface area contributed by atoms with Gasteiger partial charge in [0.1, 0.15) is 0 Å². The summed E-state index contributed by atoms with van der Waals surface area (Å²) in [5, 5.41) is 31.2. The average Bonchev–Trinajstić information content (AvgIpc) is 2.95. The SMILES string of the molecule is CNC1(c2ccc(O)c(O)c2O)CC1. The number of phenols is 3. The largest absolute Gasteiger partial charge is 0.504 e. The Morgan fingerprint density at radius 2 is 1.79 bits per heavy atom. The van der Waals surface area contributed by atoms with E-state index in [1.807, 2.05) is 7.05 Å². The molecule has 0 heterocycles. The number of hydrogen-bond acceptors (Lipinski definition) is 4. The molecule has 0 amide bonds. The van der Waals surface area contributed by atoms with E-state index in [2.05, 4.69) is 5.32 Å². The third kappa shape index (κ3) is 1.11. The van der Waals surface area contributed by atoms with E-state index in [0.717, 1.165) is 12.8 Å². The molecule has 0 saturated heterocycles. The minimum absolute atomic E-state index is 0.213. The van der Waals surface area contributed by atoms with Crippen LogP contribution in [0.3, 0.4) is 0 Å². The van der Waals surface area contributed by atoms with Crippen molar-refractivity contribution in [2.24, 2.45) is 0 Å². The first-order valence-corrected chi connectivity index (χ1v) is 4.54. The summed E-state index contributed by atoms with van der Waals surface area (Å²) < 4.78 is 0. The summed E-state index contributed by atoms with van der Waals surface area (Å²) in [6, 6.07) is 3.02. The van der Waals surface area contributed by atoms with Gasteiger partial charge in [-0.05, 0) is 32.0 Å². The minimum atomic E-state index is -0.441. The molecule has 4 nitrogen and oxygen atoms in total. The maximum atomic E-state index is 9.64. The molecule has 1 aromatic rings. The number of hydrogen-bond donors (Lipinski definition) is 4. The molecule has 4 heteroatoms. The molecule has 0 unspecified atom stereocenters. The minimum Gasteiger partial charge on any atom is -0.504 e. The van der Waals surface area contributed by atoms with Crippen LogP contribution in [0.15, 0.2) is 12.1 Å². The summed E-state index contributed by atoms with van der Waals surface area (Å²) in [5.41, 5.74) is 0.435. The Morgan fingerprint density at radius 1 is 1.14 bits per heavy atom. The highest BCUT2D eigenvalue weighted by Crippen LogP contribution is 2.51. The van der Waals surface area contributed by atoms with Gasteiger partial charge in [0, 0.05) is 11.1 Å². The molecule has 0 bridgehead atoms. The van der Waals surface area contributed by atoms with Gasteiger partial charge >= 0.3 is 0 Å². The molecule has 1 saturated carbocycles. The Hall–Kier alpha value is -1.42. The van der Waals surface area contributed by atoms with Crippen molar-refractivity contribution >= 4 is 0 Å². The van der Waals surface area contributed by atoms with Crippen LogP contribution in [0.4, 0.5) is 0 Å². The highest BCUT2D eigenvalue weighted by molar-refractivity contribution is 5.56. The molecule has 1 fully saturated rings. The third-order valence-corrected chi connectivity index (χ3v) is 2.87. The lowest BCUT2D eigenvalue weighted by Gasteiger charge is -2.16. The first-order valence-electron chi connectivity index (χ1n) is 4.54. The third-order valence-electron chi connectivity index (χ3n) is 2.87. The number of phenolic OH excluding ortho intramolecular Hbond substituents is 3. The first-order chi connectivity index (χ1) is 6.60. The lowest BCUT2D eigenvalue weighted by Crippen LogP contribution is -2.24. The number of nitrogens with one attached hydrogen (secondary N) is 1. The normalized spacial score (nSPS) is 18.1. The molecule has 14 heavy (non-hydrogen) atoms. The van der Waals surface area contributed by atoms with Crippen LogP contribution in [-0.4, -0.2) is 22.4 Å². The van der Waals surface area contributed by atoms with Crippen molar-refractivity contribution in [1.82, 2.24) is 5.32 Å². The summed E-state index contributed by atoms with van der Waals surface area (Å²) in [7, 11) is 1.82. The van der Waals surface area contributed by atoms with Gasteiger partial charge in [-0.25, -0.2) is 0 Å². The second kappa shape index (κ2) is 2.78. The molecular formula is C10H13NO3. The zero-order valence-electron chi connectivity index (χ0n) is 7.91. The van der Waals surface area contributed by atoms with Crippen LogP contribution < -0.4 is 5.32 Å². The van der Waals surface area contributed by atoms with Gasteiger partial charge in [-0.3, -0.25) is 0 Å². The predicted octanol–water partition coefficient (Wildman–Crippen LogP) is 1.01. The Kier molecular flexibility index (Phi) is 1.82. The summed E-state index contributed by atoms with van der Waals surface area (Å²) in [5.74, 6) is -0.959. The molecule has 0 atom stereocenters. The second-order valence-electron chi connectivity index (χ2n) is 3.66. The monoisotopic (exact) mass is 195 g/mol. The quantitative estimate of drug-likeness (QED) is 0.531. The van der Waals surface area contributed by atoms with Crippen LogP contribution in [0.5, 0.6) is 17.2 Å². The molecule has 1 aliphatic carbocycles. The van der Waals surface area contributed by atoms with E-state index in [-0.39, 0.29) is 17.0 Å². The molecule has 2 rings (SSSR count). The zero-order valence-corrected chi connectivity index (χ0v) is 7.91. The number of rotatable bonds is 2. The number of benzene rings is 1. The molecule has 1 aliphatic rings. The van der Waals surface area contributed by atoms with Crippen molar-refractivity contribution in [3.63, 3.8) is 0 Å². The van der Waals surface area contributed by atoms with Gasteiger partial charge in [-0.15, -0.1) is 0 Å². The standard InChI is InChI=1S/C10H13NO3/c1-11-10(4-5-10)6-2-3-7(12)9(14)8(6)13/h2-3,11-14H,4-5H2,1H3. The van der Waals surface area contributed by atoms with Crippen LogP contribution in [0.25, 0.3) is 0 Å². The second-order valence-corrected chi connectivity index (χ2v) is 3.66. The summed E-state index contributed by atoms with van der Waals surface area (Å²) >= 11 is 0. The van der Waals surface area contributed by atoms with Crippen LogP contribution in [0.2, 0.25) is 0 Å². The summed E-state index contributed by atoms with van der Waals surface area (Å²) in [6.45, 7) is 0. The topological polar surface area (TPSA) is 72.7 Å². The first kappa shape index (κ1) is 9.15. The highest BCUT2D eigenvalue weighted by atomic mass is 16.3. The Morgan fingerprint density at radius 3 is 2.29 bits per heavy atom. The van der Waals surface area contributed by atoms with Crippen LogP contribution >= 0.6 is 0 Å². The van der Waals surface area contributed by atoms with E-state index in [1.165, 1.54) is 6.07 Å². The molecule has 1 aromatic carbocycles. The average molecular weight is 195 g/mol. The van der Waals surface area contributed by atoms with E-state index in [4.69, 9.17) is 5.11 Å². The van der Waals surface area contributed by atoms with Crippen LogP contribution in [-0.2, 0) is 5.54 Å². The maximum Gasteiger partial charge on any atom is 0.200 e. The van der Waals surface area contributed by atoms with Crippen molar-refractivity contribution in [2.75, 3.05) is 7.05 Å². The van der Waals surface area contributed by atoms with Gasteiger partial charge < -0.3 is 20.6 Å². The van der Waals surface area contributed by atoms with E-state index in [0.29, 0.717) is 5.56 Å². The maximum absolute atomic E-state index is 9.64. The Balaban J connectivity index is 2.50.